The Kier molecular flexibility index (Phi) is 1.68. The molecule has 0 radical (unpaired) electrons. The lowest BCUT2D eigenvalue weighted by Gasteiger charge is -2.32. The molecule has 11 heavy (non-hydrogen) atoms. The van der Waals surface area contributed by atoms with Crippen LogP contribution in [-0.4, -0.2) is 12.5 Å². The van der Waals surface area contributed by atoms with E-state index in [1.807, 2.05) is 0 Å². The van der Waals surface area contributed by atoms with E-state index in [-0.39, 0.29) is 5.91 Å². The van der Waals surface area contributed by atoms with Crippen LogP contribution in [0.1, 0.15) is 19.3 Å². The maximum absolute atomic E-state index is 11.0. The lowest BCUT2D eigenvalue weighted by molar-refractivity contribution is -0.124. The van der Waals surface area contributed by atoms with Gasteiger partial charge in [-0.3, -0.25) is 4.79 Å². The van der Waals surface area contributed by atoms with Gasteiger partial charge < -0.3 is 5.32 Å². The summed E-state index contributed by atoms with van der Waals surface area (Å²) in [6.45, 7) is 0.897. The van der Waals surface area contributed by atoms with Crippen LogP contribution in [0.2, 0.25) is 0 Å². The number of rotatable bonds is 0. The zero-order chi connectivity index (χ0) is 7.68. The van der Waals surface area contributed by atoms with Gasteiger partial charge in [-0.1, -0.05) is 12.2 Å². The fourth-order valence-corrected chi connectivity index (χ4v) is 1.98. The monoisotopic (exact) mass is 151 g/mol. The molecule has 0 saturated carbocycles. The second kappa shape index (κ2) is 2.68. The Morgan fingerprint density at radius 1 is 1.27 bits per heavy atom. The summed E-state index contributed by atoms with van der Waals surface area (Å²) in [5.41, 5.74) is 0. The van der Waals surface area contributed by atoms with Crippen molar-refractivity contribution in [1.82, 2.24) is 5.32 Å². The molecule has 1 fully saturated rings. The molecule has 60 valence electrons. The maximum Gasteiger partial charge on any atom is 0.220 e. The minimum Gasteiger partial charge on any atom is -0.356 e. The maximum atomic E-state index is 11.0. The number of hydrogen-bond donors (Lipinski definition) is 1. The summed E-state index contributed by atoms with van der Waals surface area (Å²) in [7, 11) is 0. The van der Waals surface area contributed by atoms with E-state index >= 15 is 0 Å². The molecule has 2 atom stereocenters. The largest absolute Gasteiger partial charge is 0.356 e. The quantitative estimate of drug-likeness (QED) is 0.516. The Bertz CT molecular complexity index is 198. The summed E-state index contributed by atoms with van der Waals surface area (Å²) in [5, 5.41) is 2.91. The molecule has 0 aromatic rings. The molecule has 0 bridgehead atoms. The van der Waals surface area contributed by atoms with Crippen LogP contribution in [-0.2, 0) is 4.79 Å². The summed E-state index contributed by atoms with van der Waals surface area (Å²) in [5.74, 6) is 1.59. The van der Waals surface area contributed by atoms with Crippen LogP contribution in [0.5, 0.6) is 0 Å². The van der Waals surface area contributed by atoms with E-state index in [9.17, 15) is 4.79 Å². The molecule has 1 N–H and O–H groups in total. The number of hydrogen-bond acceptors (Lipinski definition) is 1. The third kappa shape index (κ3) is 1.30. The van der Waals surface area contributed by atoms with Crippen LogP contribution < -0.4 is 5.32 Å². The fraction of sp³-hybridized carbons (Fsp3) is 0.667. The second-order valence-corrected chi connectivity index (χ2v) is 3.47. The topological polar surface area (TPSA) is 29.1 Å². The van der Waals surface area contributed by atoms with Gasteiger partial charge in [0.1, 0.15) is 0 Å². The zero-order valence-electron chi connectivity index (χ0n) is 6.55. The molecule has 1 aliphatic heterocycles. The van der Waals surface area contributed by atoms with Crippen LogP contribution in [0.25, 0.3) is 0 Å². The highest BCUT2D eigenvalue weighted by molar-refractivity contribution is 5.77. The number of piperidine rings is 1. The van der Waals surface area contributed by atoms with Gasteiger partial charge >= 0.3 is 0 Å². The average Bonchev–Trinajstić information content (AvgIpc) is 2.04. The van der Waals surface area contributed by atoms with Crippen molar-refractivity contribution in [2.45, 2.75) is 19.3 Å². The van der Waals surface area contributed by atoms with E-state index in [1.165, 1.54) is 0 Å². The van der Waals surface area contributed by atoms with E-state index in [2.05, 4.69) is 17.5 Å². The molecule has 2 heteroatoms. The Balaban J connectivity index is 2.06. The van der Waals surface area contributed by atoms with E-state index in [0.717, 1.165) is 31.7 Å². The summed E-state index contributed by atoms with van der Waals surface area (Å²) >= 11 is 0. The first kappa shape index (κ1) is 6.89. The number of fused-ring (bicyclic) bond motifs is 1. The van der Waals surface area contributed by atoms with Gasteiger partial charge in [-0.25, -0.2) is 0 Å². The summed E-state index contributed by atoms with van der Waals surface area (Å²) in [6, 6.07) is 0. The Morgan fingerprint density at radius 2 is 2.00 bits per heavy atom. The zero-order valence-corrected chi connectivity index (χ0v) is 6.55. The predicted molar refractivity (Wildman–Crippen MR) is 43.0 cm³/mol. The third-order valence-electron chi connectivity index (χ3n) is 2.72. The molecule has 2 aliphatic rings. The van der Waals surface area contributed by atoms with Crippen LogP contribution in [0.4, 0.5) is 0 Å². The van der Waals surface area contributed by atoms with Gasteiger partial charge in [0.05, 0.1) is 0 Å². The normalized spacial score (nSPS) is 36.2. The Hall–Kier alpha value is -0.790. The second-order valence-electron chi connectivity index (χ2n) is 3.47. The molecular weight excluding hydrogens is 138 g/mol. The standard InChI is InChI=1S/C9H13NO/c11-9-5-7-3-1-2-4-8(7)6-10-9/h1-2,7-8H,3-6H2,(H,10,11)/t7-,8-/m0/s1. The first-order valence-corrected chi connectivity index (χ1v) is 4.28. The number of allylic oxidation sites excluding steroid dienone is 2. The van der Waals surface area contributed by atoms with Gasteiger partial charge in [0.15, 0.2) is 0 Å². The van der Waals surface area contributed by atoms with Crippen molar-refractivity contribution in [3.8, 4) is 0 Å². The summed E-state index contributed by atoms with van der Waals surface area (Å²) < 4.78 is 0. The molecule has 0 aromatic carbocycles. The van der Waals surface area contributed by atoms with Crippen molar-refractivity contribution in [1.29, 1.82) is 0 Å². The predicted octanol–water partition coefficient (Wildman–Crippen LogP) is 1.09. The van der Waals surface area contributed by atoms with Crippen molar-refractivity contribution in [2.75, 3.05) is 6.54 Å². The number of nitrogens with one attached hydrogen (secondary N) is 1. The van der Waals surface area contributed by atoms with Crippen molar-refractivity contribution < 1.29 is 4.79 Å². The average molecular weight is 151 g/mol. The van der Waals surface area contributed by atoms with Crippen LogP contribution in [0.15, 0.2) is 12.2 Å². The summed E-state index contributed by atoms with van der Waals surface area (Å²) in [6.07, 6.45) is 7.45. The molecular formula is C9H13NO. The van der Waals surface area contributed by atoms with Gasteiger partial charge in [-0.05, 0) is 24.7 Å². The minimum absolute atomic E-state index is 0.238. The van der Waals surface area contributed by atoms with Crippen LogP contribution >= 0.6 is 0 Å². The lowest BCUT2D eigenvalue weighted by Crippen LogP contribution is -2.41. The van der Waals surface area contributed by atoms with Gasteiger partial charge in [0, 0.05) is 13.0 Å². The van der Waals surface area contributed by atoms with E-state index in [0.29, 0.717) is 5.92 Å². The smallest absolute Gasteiger partial charge is 0.220 e. The Morgan fingerprint density at radius 3 is 2.82 bits per heavy atom. The van der Waals surface area contributed by atoms with E-state index < -0.39 is 0 Å². The molecule has 0 unspecified atom stereocenters. The molecule has 2 rings (SSSR count). The van der Waals surface area contributed by atoms with Crippen LogP contribution in [0, 0.1) is 11.8 Å². The van der Waals surface area contributed by atoms with Gasteiger partial charge in [0.25, 0.3) is 0 Å². The number of carbonyl (C=O) groups is 1. The van der Waals surface area contributed by atoms with Crippen molar-refractivity contribution in [2.24, 2.45) is 11.8 Å². The molecule has 1 heterocycles. The molecule has 0 aromatic heterocycles. The van der Waals surface area contributed by atoms with Gasteiger partial charge in [0.2, 0.25) is 5.91 Å². The first-order chi connectivity index (χ1) is 5.36. The molecule has 1 amide bonds. The number of carbonyl (C=O) groups excluding carboxylic acids is 1. The minimum atomic E-state index is 0.238. The highest BCUT2D eigenvalue weighted by Crippen LogP contribution is 2.29. The van der Waals surface area contributed by atoms with Gasteiger partial charge in [-0.15, -0.1) is 0 Å². The van der Waals surface area contributed by atoms with Crippen molar-refractivity contribution in [3.05, 3.63) is 12.2 Å². The molecule has 0 spiro atoms. The fourth-order valence-electron chi connectivity index (χ4n) is 1.98. The Labute approximate surface area is 66.7 Å². The molecule has 2 nitrogen and oxygen atoms in total. The van der Waals surface area contributed by atoms with Crippen LogP contribution in [0.3, 0.4) is 0 Å². The molecule has 1 aliphatic carbocycles. The third-order valence-corrected chi connectivity index (χ3v) is 2.72. The number of amides is 1. The van der Waals surface area contributed by atoms with E-state index in [4.69, 9.17) is 0 Å². The van der Waals surface area contributed by atoms with Crippen molar-refractivity contribution in [3.63, 3.8) is 0 Å². The first-order valence-electron chi connectivity index (χ1n) is 4.28. The SMILES string of the molecule is O=C1C[C@@H]2CC=CC[C@H]2CN1. The van der Waals surface area contributed by atoms with E-state index in [1.54, 1.807) is 0 Å². The van der Waals surface area contributed by atoms with Gasteiger partial charge in [-0.2, -0.15) is 0 Å². The van der Waals surface area contributed by atoms with Crippen molar-refractivity contribution >= 4 is 5.91 Å². The molecule has 1 saturated heterocycles. The highest BCUT2D eigenvalue weighted by atomic mass is 16.1. The highest BCUT2D eigenvalue weighted by Gasteiger charge is 2.28. The lowest BCUT2D eigenvalue weighted by atomic mass is 9.79. The summed E-state index contributed by atoms with van der Waals surface area (Å²) in [4.78, 5) is 11.0.